The minimum Gasteiger partial charge on any atom is -0.354 e. The Labute approximate surface area is 158 Å². The lowest BCUT2D eigenvalue weighted by Gasteiger charge is -2.06. The fourth-order valence-electron chi connectivity index (χ4n) is 3.80. The number of aromatic amines is 1. The summed E-state index contributed by atoms with van der Waals surface area (Å²) < 4.78 is 0. The molecule has 128 valence electrons. The van der Waals surface area contributed by atoms with Crippen LogP contribution in [0.5, 0.6) is 0 Å². The Balaban J connectivity index is 1.80. The van der Waals surface area contributed by atoms with E-state index in [0.29, 0.717) is 0 Å². The first-order valence-electron chi connectivity index (χ1n) is 9.16. The first-order valence-corrected chi connectivity index (χ1v) is 9.16. The van der Waals surface area contributed by atoms with Gasteiger partial charge in [-0.05, 0) is 52.1 Å². The lowest BCUT2D eigenvalue weighted by Crippen LogP contribution is -1.82. The van der Waals surface area contributed by atoms with E-state index in [1.54, 1.807) is 0 Å². The van der Waals surface area contributed by atoms with Crippen molar-refractivity contribution in [2.45, 2.75) is 0 Å². The van der Waals surface area contributed by atoms with E-state index < -0.39 is 0 Å². The van der Waals surface area contributed by atoms with Gasteiger partial charge in [-0.1, -0.05) is 79.4 Å². The van der Waals surface area contributed by atoms with E-state index in [9.17, 15) is 0 Å². The lowest BCUT2D eigenvalue weighted by molar-refractivity contribution is 1.53. The van der Waals surface area contributed by atoms with Gasteiger partial charge in [0.25, 0.3) is 0 Å². The van der Waals surface area contributed by atoms with E-state index in [1.807, 2.05) is 12.1 Å². The van der Waals surface area contributed by atoms with Crippen molar-refractivity contribution < 1.29 is 0 Å². The molecule has 0 aliphatic heterocycles. The minimum atomic E-state index is 1.13. The Kier molecular flexibility index (Phi) is 3.65. The zero-order valence-corrected chi connectivity index (χ0v) is 14.9. The third kappa shape index (κ3) is 2.65. The zero-order chi connectivity index (χ0) is 18.2. The van der Waals surface area contributed by atoms with Crippen LogP contribution in [0.15, 0.2) is 97.6 Å². The molecule has 0 amide bonds. The highest BCUT2D eigenvalue weighted by Gasteiger charge is 2.11. The normalized spacial score (nSPS) is 11.1. The summed E-state index contributed by atoms with van der Waals surface area (Å²) in [5.74, 6) is 0. The lowest BCUT2D eigenvalue weighted by atomic mass is 9.98. The van der Waals surface area contributed by atoms with Crippen LogP contribution < -0.4 is 0 Å². The number of benzene rings is 4. The van der Waals surface area contributed by atoms with Gasteiger partial charge in [-0.25, -0.2) is 0 Å². The van der Waals surface area contributed by atoms with E-state index in [4.69, 9.17) is 0 Å². The van der Waals surface area contributed by atoms with E-state index in [2.05, 4.69) is 96.5 Å². The summed E-state index contributed by atoms with van der Waals surface area (Å²) in [5.41, 5.74) is 8.32. The molecule has 0 bridgehead atoms. The van der Waals surface area contributed by atoms with Gasteiger partial charge >= 0.3 is 0 Å². The molecular formula is C26H19N. The highest BCUT2D eigenvalue weighted by molar-refractivity contribution is 6.12. The summed E-state index contributed by atoms with van der Waals surface area (Å²) in [6.45, 7) is 4.03. The van der Waals surface area contributed by atoms with Crippen LogP contribution in [0.1, 0.15) is 5.56 Å². The second-order valence-electron chi connectivity index (χ2n) is 6.81. The fourth-order valence-corrected chi connectivity index (χ4v) is 3.80. The van der Waals surface area contributed by atoms with Crippen molar-refractivity contribution in [2.24, 2.45) is 0 Å². The van der Waals surface area contributed by atoms with Gasteiger partial charge in [0.2, 0.25) is 0 Å². The van der Waals surface area contributed by atoms with Crippen molar-refractivity contribution in [3.8, 4) is 22.3 Å². The van der Waals surface area contributed by atoms with Crippen LogP contribution in [0.4, 0.5) is 0 Å². The fraction of sp³-hybridized carbons (Fsp3) is 0. The number of aromatic nitrogens is 1. The molecule has 0 atom stereocenters. The number of nitrogens with one attached hydrogen (secondary N) is 1. The average molecular weight is 345 g/mol. The Bertz CT molecular complexity index is 1260. The maximum Gasteiger partial charge on any atom is 0.0538 e. The van der Waals surface area contributed by atoms with E-state index in [0.717, 1.165) is 16.6 Å². The van der Waals surface area contributed by atoms with Crippen LogP contribution in [0.2, 0.25) is 0 Å². The maximum absolute atomic E-state index is 4.03. The molecule has 4 aromatic carbocycles. The molecule has 1 heteroatoms. The molecule has 5 rings (SSSR count). The molecule has 1 nitrogen and oxygen atoms in total. The largest absolute Gasteiger partial charge is 0.354 e. The molecule has 1 aromatic heterocycles. The molecule has 1 heterocycles. The summed E-state index contributed by atoms with van der Waals surface area (Å²) in [5, 5.41) is 2.48. The smallest absolute Gasteiger partial charge is 0.0538 e. The molecule has 0 fully saturated rings. The third-order valence-corrected chi connectivity index (χ3v) is 5.17. The van der Waals surface area contributed by atoms with Gasteiger partial charge in [-0.2, -0.15) is 0 Å². The summed E-state index contributed by atoms with van der Waals surface area (Å²) in [4.78, 5) is 3.58. The SMILES string of the molecule is C=Cc1cc(-c2ccccc2)cc2c1[nH]c1ccc(-c3ccccc3)cc12. The number of hydrogen-bond donors (Lipinski definition) is 1. The zero-order valence-electron chi connectivity index (χ0n) is 14.9. The second kappa shape index (κ2) is 6.30. The summed E-state index contributed by atoms with van der Waals surface area (Å²) in [6, 6.07) is 32.2. The molecule has 0 aliphatic rings. The molecule has 0 saturated heterocycles. The molecule has 0 radical (unpaired) electrons. The molecular weight excluding hydrogens is 326 g/mol. The highest BCUT2D eigenvalue weighted by atomic mass is 14.7. The average Bonchev–Trinajstić information content (AvgIpc) is 3.12. The Morgan fingerprint density at radius 3 is 1.89 bits per heavy atom. The third-order valence-electron chi connectivity index (χ3n) is 5.17. The van der Waals surface area contributed by atoms with Crippen molar-refractivity contribution >= 4 is 27.9 Å². The van der Waals surface area contributed by atoms with Crippen molar-refractivity contribution in [3.05, 3.63) is 103 Å². The van der Waals surface area contributed by atoms with Gasteiger partial charge in [0, 0.05) is 16.3 Å². The molecule has 0 spiro atoms. The van der Waals surface area contributed by atoms with Crippen LogP contribution in [-0.2, 0) is 0 Å². The predicted molar refractivity (Wildman–Crippen MR) is 117 cm³/mol. The molecule has 27 heavy (non-hydrogen) atoms. The van der Waals surface area contributed by atoms with Crippen molar-refractivity contribution in [2.75, 3.05) is 0 Å². The summed E-state index contributed by atoms with van der Waals surface area (Å²) in [6.07, 6.45) is 1.93. The van der Waals surface area contributed by atoms with Gasteiger partial charge in [-0.15, -0.1) is 0 Å². The van der Waals surface area contributed by atoms with Crippen molar-refractivity contribution in [3.63, 3.8) is 0 Å². The van der Waals surface area contributed by atoms with Gasteiger partial charge in [0.1, 0.15) is 0 Å². The topological polar surface area (TPSA) is 15.8 Å². The summed E-state index contributed by atoms with van der Waals surface area (Å²) in [7, 11) is 0. The van der Waals surface area contributed by atoms with Crippen LogP contribution in [0.3, 0.4) is 0 Å². The van der Waals surface area contributed by atoms with Crippen LogP contribution in [-0.4, -0.2) is 4.98 Å². The Hall–Kier alpha value is -3.58. The molecule has 0 unspecified atom stereocenters. The second-order valence-corrected chi connectivity index (χ2v) is 6.81. The number of rotatable bonds is 3. The van der Waals surface area contributed by atoms with Crippen LogP contribution in [0, 0.1) is 0 Å². The van der Waals surface area contributed by atoms with E-state index >= 15 is 0 Å². The predicted octanol–water partition coefficient (Wildman–Crippen LogP) is 7.30. The Morgan fingerprint density at radius 2 is 1.22 bits per heavy atom. The minimum absolute atomic E-state index is 1.13. The van der Waals surface area contributed by atoms with Gasteiger partial charge in [0.05, 0.1) is 5.52 Å². The van der Waals surface area contributed by atoms with Crippen molar-refractivity contribution in [1.82, 2.24) is 4.98 Å². The molecule has 0 aliphatic carbocycles. The number of H-pyrrole nitrogens is 1. The first kappa shape index (κ1) is 15.7. The number of fused-ring (bicyclic) bond motifs is 3. The van der Waals surface area contributed by atoms with Gasteiger partial charge in [-0.3, -0.25) is 0 Å². The van der Waals surface area contributed by atoms with Crippen molar-refractivity contribution in [1.29, 1.82) is 0 Å². The first-order chi connectivity index (χ1) is 13.3. The van der Waals surface area contributed by atoms with Crippen LogP contribution in [0.25, 0.3) is 50.1 Å². The van der Waals surface area contributed by atoms with Crippen LogP contribution >= 0.6 is 0 Å². The molecule has 1 N–H and O–H groups in total. The molecule has 0 saturated carbocycles. The standard InChI is InChI=1S/C26H19N/c1-2-18-15-22(20-11-7-4-8-12-20)17-24-23-16-21(19-9-5-3-6-10-19)13-14-25(23)27-26(18)24/h2-17,27H,1H2. The summed E-state index contributed by atoms with van der Waals surface area (Å²) >= 11 is 0. The maximum atomic E-state index is 4.03. The van der Waals surface area contributed by atoms with Gasteiger partial charge in [0.15, 0.2) is 0 Å². The number of hydrogen-bond acceptors (Lipinski definition) is 0. The van der Waals surface area contributed by atoms with E-state index in [-0.39, 0.29) is 0 Å². The monoisotopic (exact) mass is 345 g/mol. The van der Waals surface area contributed by atoms with E-state index in [1.165, 1.54) is 33.0 Å². The Morgan fingerprint density at radius 1 is 0.593 bits per heavy atom. The highest BCUT2D eigenvalue weighted by Crippen LogP contribution is 2.35. The van der Waals surface area contributed by atoms with Gasteiger partial charge < -0.3 is 4.98 Å². The quantitative estimate of drug-likeness (QED) is 0.353. The molecule has 5 aromatic rings.